The first-order valence-electron chi connectivity index (χ1n) is 8.59. The van der Waals surface area contributed by atoms with Gasteiger partial charge < -0.3 is 5.32 Å². The number of carbonyl (C=O) groups excluding carboxylic acids is 1. The molecule has 0 saturated carbocycles. The number of aromatic nitrogens is 1. The Labute approximate surface area is 184 Å². The summed E-state index contributed by atoms with van der Waals surface area (Å²) in [7, 11) is 0. The van der Waals surface area contributed by atoms with Gasteiger partial charge >= 0.3 is 0 Å². The zero-order chi connectivity index (χ0) is 20.4. The van der Waals surface area contributed by atoms with Gasteiger partial charge in [-0.15, -0.1) is 11.3 Å². The molecule has 1 heterocycles. The lowest BCUT2D eigenvalue weighted by molar-refractivity contribution is 0.102. The third-order valence-electron chi connectivity index (χ3n) is 4.23. The molecule has 0 fully saturated rings. The van der Waals surface area contributed by atoms with E-state index >= 15 is 0 Å². The molecule has 144 valence electrons. The first-order valence-corrected chi connectivity index (χ1v) is 10.6. The average Bonchev–Trinajstić information content (AvgIpc) is 3.20. The van der Waals surface area contributed by atoms with E-state index in [-0.39, 0.29) is 11.7 Å². The molecule has 0 aliphatic carbocycles. The molecule has 3 nitrogen and oxygen atoms in total. The summed E-state index contributed by atoms with van der Waals surface area (Å²) in [6, 6.07) is 19.0. The van der Waals surface area contributed by atoms with E-state index in [4.69, 9.17) is 11.6 Å². The second-order valence-electron chi connectivity index (χ2n) is 6.14. The maximum atomic E-state index is 14.1. The van der Waals surface area contributed by atoms with Crippen molar-refractivity contribution in [1.29, 1.82) is 0 Å². The number of nitrogens with zero attached hydrogens (tertiary/aromatic N) is 1. The topological polar surface area (TPSA) is 42.0 Å². The van der Waals surface area contributed by atoms with Gasteiger partial charge in [-0.2, -0.15) is 0 Å². The van der Waals surface area contributed by atoms with Crippen LogP contribution in [-0.2, 0) is 0 Å². The van der Waals surface area contributed by atoms with Crippen LogP contribution in [0.1, 0.15) is 10.4 Å². The third-order valence-corrected chi connectivity index (χ3v) is 5.93. The van der Waals surface area contributed by atoms with E-state index in [1.807, 2.05) is 23.6 Å². The van der Waals surface area contributed by atoms with E-state index in [0.717, 1.165) is 10.0 Å². The predicted molar refractivity (Wildman–Crippen MR) is 120 cm³/mol. The highest BCUT2D eigenvalue weighted by atomic mass is 79.9. The van der Waals surface area contributed by atoms with Gasteiger partial charge in [-0.25, -0.2) is 9.37 Å². The number of thiazole rings is 1. The fourth-order valence-electron chi connectivity index (χ4n) is 2.83. The normalized spacial score (nSPS) is 10.7. The lowest BCUT2D eigenvalue weighted by atomic mass is 10.1. The summed E-state index contributed by atoms with van der Waals surface area (Å²) in [6.07, 6.45) is 0. The van der Waals surface area contributed by atoms with Crippen LogP contribution in [0.3, 0.4) is 0 Å². The summed E-state index contributed by atoms with van der Waals surface area (Å²) in [5.41, 5.74) is 2.81. The van der Waals surface area contributed by atoms with Crippen molar-refractivity contribution in [3.8, 4) is 21.8 Å². The van der Waals surface area contributed by atoms with Gasteiger partial charge in [0.2, 0.25) is 0 Å². The van der Waals surface area contributed by atoms with Crippen molar-refractivity contribution in [2.45, 2.75) is 0 Å². The number of hydrogen-bond acceptors (Lipinski definition) is 3. The molecule has 0 saturated heterocycles. The number of nitrogens with one attached hydrogen (secondary N) is 1. The molecule has 1 aromatic heterocycles. The van der Waals surface area contributed by atoms with Gasteiger partial charge in [-0.1, -0.05) is 57.9 Å². The standard InChI is InChI=1S/C22H13BrClFN2OS/c23-13-9-10-17(24)16(11-13)21(28)26-19-8-4-2-6-15(19)20-12-29-22(27-20)14-5-1-3-7-18(14)25/h1-12H,(H,26,28). The molecule has 0 aliphatic rings. The largest absolute Gasteiger partial charge is 0.321 e. The Morgan fingerprint density at radius 3 is 2.55 bits per heavy atom. The Morgan fingerprint density at radius 1 is 1.03 bits per heavy atom. The number of carbonyl (C=O) groups is 1. The predicted octanol–water partition coefficient (Wildman–Crippen LogP) is 7.28. The summed E-state index contributed by atoms with van der Waals surface area (Å²) >= 11 is 10.9. The number of hydrogen-bond donors (Lipinski definition) is 1. The van der Waals surface area contributed by atoms with E-state index in [0.29, 0.717) is 32.5 Å². The molecule has 1 amide bonds. The molecular weight excluding hydrogens is 475 g/mol. The van der Waals surface area contributed by atoms with Crippen molar-refractivity contribution in [1.82, 2.24) is 4.98 Å². The number of para-hydroxylation sites is 1. The van der Waals surface area contributed by atoms with Crippen LogP contribution in [0.4, 0.5) is 10.1 Å². The molecular formula is C22H13BrClFN2OS. The van der Waals surface area contributed by atoms with E-state index in [9.17, 15) is 9.18 Å². The summed E-state index contributed by atoms with van der Waals surface area (Å²) < 4.78 is 14.8. The Morgan fingerprint density at radius 2 is 1.76 bits per heavy atom. The second-order valence-corrected chi connectivity index (χ2v) is 8.32. The molecule has 4 rings (SSSR count). The number of amides is 1. The highest BCUT2D eigenvalue weighted by molar-refractivity contribution is 9.10. The van der Waals surface area contributed by atoms with Crippen molar-refractivity contribution in [3.05, 3.63) is 93.0 Å². The SMILES string of the molecule is O=C(Nc1ccccc1-c1csc(-c2ccccc2F)n1)c1cc(Br)ccc1Cl. The van der Waals surface area contributed by atoms with Gasteiger partial charge in [0.15, 0.2) is 0 Å². The number of anilines is 1. The fourth-order valence-corrected chi connectivity index (χ4v) is 4.24. The number of rotatable bonds is 4. The van der Waals surface area contributed by atoms with Crippen LogP contribution < -0.4 is 5.32 Å². The Hall–Kier alpha value is -2.54. The third kappa shape index (κ3) is 4.24. The van der Waals surface area contributed by atoms with Crippen LogP contribution in [0.15, 0.2) is 76.6 Å². The van der Waals surface area contributed by atoms with E-state index < -0.39 is 0 Å². The number of benzene rings is 3. The average molecular weight is 488 g/mol. The van der Waals surface area contributed by atoms with Crippen molar-refractivity contribution >= 4 is 50.5 Å². The van der Waals surface area contributed by atoms with Gasteiger partial charge in [0.1, 0.15) is 10.8 Å². The molecule has 3 aromatic carbocycles. The molecule has 1 N–H and O–H groups in total. The minimum absolute atomic E-state index is 0.320. The molecule has 0 radical (unpaired) electrons. The maximum Gasteiger partial charge on any atom is 0.257 e. The molecule has 0 spiro atoms. The van der Waals surface area contributed by atoms with Gasteiger partial charge in [-0.05, 0) is 36.4 Å². The Bertz CT molecular complexity index is 1210. The second kappa shape index (κ2) is 8.45. The summed E-state index contributed by atoms with van der Waals surface area (Å²) in [6.45, 7) is 0. The lowest BCUT2D eigenvalue weighted by Gasteiger charge is -2.11. The fraction of sp³-hybridized carbons (Fsp3) is 0. The lowest BCUT2D eigenvalue weighted by Crippen LogP contribution is -2.13. The van der Waals surface area contributed by atoms with Gasteiger partial charge in [0, 0.05) is 21.0 Å². The van der Waals surface area contributed by atoms with E-state index in [1.54, 1.807) is 42.5 Å². The van der Waals surface area contributed by atoms with E-state index in [1.165, 1.54) is 17.4 Å². The smallest absolute Gasteiger partial charge is 0.257 e. The monoisotopic (exact) mass is 486 g/mol. The van der Waals surface area contributed by atoms with Gasteiger partial charge in [0.05, 0.1) is 22.0 Å². The quantitative estimate of drug-likeness (QED) is 0.328. The van der Waals surface area contributed by atoms with E-state index in [2.05, 4.69) is 26.2 Å². The summed E-state index contributed by atoms with van der Waals surface area (Å²) in [5.74, 6) is -0.646. The minimum Gasteiger partial charge on any atom is -0.321 e. The zero-order valence-corrected chi connectivity index (χ0v) is 18.0. The van der Waals surface area contributed by atoms with Gasteiger partial charge in [-0.3, -0.25) is 4.79 Å². The zero-order valence-electron chi connectivity index (χ0n) is 14.8. The van der Waals surface area contributed by atoms with Crippen LogP contribution in [0.5, 0.6) is 0 Å². The summed E-state index contributed by atoms with van der Waals surface area (Å²) in [4.78, 5) is 17.3. The molecule has 0 atom stereocenters. The molecule has 0 aliphatic heterocycles. The van der Waals surface area contributed by atoms with Crippen LogP contribution in [-0.4, -0.2) is 10.9 Å². The van der Waals surface area contributed by atoms with Crippen LogP contribution >= 0.6 is 38.9 Å². The Kier molecular flexibility index (Phi) is 5.76. The summed E-state index contributed by atoms with van der Waals surface area (Å²) in [5, 5.41) is 5.68. The molecule has 0 unspecified atom stereocenters. The molecule has 29 heavy (non-hydrogen) atoms. The number of halogens is 3. The maximum absolute atomic E-state index is 14.1. The van der Waals surface area contributed by atoms with Crippen molar-refractivity contribution in [2.75, 3.05) is 5.32 Å². The molecule has 4 aromatic rings. The van der Waals surface area contributed by atoms with Crippen LogP contribution in [0.25, 0.3) is 21.8 Å². The highest BCUT2D eigenvalue weighted by Gasteiger charge is 2.16. The molecule has 7 heteroatoms. The Balaban J connectivity index is 1.67. The van der Waals surface area contributed by atoms with Crippen molar-refractivity contribution in [2.24, 2.45) is 0 Å². The van der Waals surface area contributed by atoms with Crippen LogP contribution in [0.2, 0.25) is 5.02 Å². The van der Waals surface area contributed by atoms with Crippen molar-refractivity contribution < 1.29 is 9.18 Å². The first-order chi connectivity index (χ1) is 14.0. The van der Waals surface area contributed by atoms with Gasteiger partial charge in [0.25, 0.3) is 5.91 Å². The minimum atomic E-state index is -0.326. The molecule has 0 bridgehead atoms. The highest BCUT2D eigenvalue weighted by Crippen LogP contribution is 2.34. The van der Waals surface area contributed by atoms with Crippen LogP contribution in [0, 0.1) is 5.82 Å². The van der Waals surface area contributed by atoms with Crippen molar-refractivity contribution in [3.63, 3.8) is 0 Å². The first kappa shape index (κ1) is 19.8.